The summed E-state index contributed by atoms with van der Waals surface area (Å²) < 4.78 is 21.2. The summed E-state index contributed by atoms with van der Waals surface area (Å²) in [5, 5.41) is 2.69. The molecular formula is C44H52FN3+2. The molecule has 0 bridgehead atoms. The van der Waals surface area contributed by atoms with E-state index in [9.17, 15) is 0 Å². The van der Waals surface area contributed by atoms with Crippen LogP contribution in [0.3, 0.4) is 0 Å². The van der Waals surface area contributed by atoms with E-state index in [2.05, 4.69) is 143 Å². The average Bonchev–Trinajstić information content (AvgIpc) is 3.08. The Morgan fingerprint density at radius 2 is 1.62 bits per heavy atom. The molecule has 4 heteroatoms. The highest BCUT2D eigenvalue weighted by Crippen LogP contribution is 2.56. The highest BCUT2D eigenvalue weighted by atomic mass is 19.1. The molecule has 0 fully saturated rings. The molecule has 7 rings (SSSR count). The number of hydrogen-bond donors (Lipinski definition) is 0. The fourth-order valence-corrected chi connectivity index (χ4v) is 9.43. The van der Waals surface area contributed by atoms with Gasteiger partial charge in [0.2, 0.25) is 11.4 Å². The summed E-state index contributed by atoms with van der Waals surface area (Å²) in [6, 6.07) is 24.3. The van der Waals surface area contributed by atoms with Gasteiger partial charge in [-0.05, 0) is 77.6 Å². The van der Waals surface area contributed by atoms with Crippen LogP contribution in [0.15, 0.2) is 79.1 Å². The first-order valence-electron chi connectivity index (χ1n) is 18.2. The van der Waals surface area contributed by atoms with E-state index in [4.69, 9.17) is 0 Å². The fourth-order valence-electron chi connectivity index (χ4n) is 9.43. The first-order chi connectivity index (χ1) is 23.1. The van der Waals surface area contributed by atoms with Gasteiger partial charge in [-0.2, -0.15) is 4.57 Å². The third kappa shape index (κ3) is 4.73. The van der Waals surface area contributed by atoms with E-state index in [1.165, 1.54) is 68.5 Å². The van der Waals surface area contributed by atoms with Crippen molar-refractivity contribution in [2.45, 2.75) is 96.4 Å². The number of rotatable bonds is 10. The van der Waals surface area contributed by atoms with Crippen LogP contribution in [0.25, 0.3) is 33.3 Å². The second kappa shape index (κ2) is 12.1. The molecule has 2 aliphatic rings. The molecule has 2 aromatic heterocycles. The number of unbranched alkanes of at least 4 members (excludes halogenated alkanes) is 1. The van der Waals surface area contributed by atoms with Crippen LogP contribution < -0.4 is 14.0 Å². The zero-order chi connectivity index (χ0) is 34.0. The van der Waals surface area contributed by atoms with Crippen molar-refractivity contribution in [1.82, 2.24) is 0 Å². The Bertz CT molecular complexity index is 2030. The lowest BCUT2D eigenvalue weighted by Gasteiger charge is -2.45. The number of benzene rings is 3. The van der Waals surface area contributed by atoms with Crippen molar-refractivity contribution in [1.29, 1.82) is 0 Å². The Labute approximate surface area is 287 Å². The molecule has 5 aromatic rings. The van der Waals surface area contributed by atoms with Crippen LogP contribution in [0, 0.1) is 5.82 Å². The summed E-state index contributed by atoms with van der Waals surface area (Å²) in [4.78, 5) is 2.18. The molecule has 3 aromatic carbocycles. The molecule has 0 N–H and O–H groups in total. The molecular weight excluding hydrogens is 590 g/mol. The van der Waals surface area contributed by atoms with Crippen molar-refractivity contribution in [2.75, 3.05) is 19.0 Å². The van der Waals surface area contributed by atoms with Gasteiger partial charge in [-0.1, -0.05) is 65.3 Å². The normalized spacial score (nSPS) is 16.7. The first-order valence-corrected chi connectivity index (χ1v) is 18.2. The van der Waals surface area contributed by atoms with Gasteiger partial charge in [0, 0.05) is 61.8 Å². The zero-order valence-electron chi connectivity index (χ0n) is 30.3. The van der Waals surface area contributed by atoms with Gasteiger partial charge in [0.05, 0.1) is 22.4 Å². The van der Waals surface area contributed by atoms with Crippen LogP contribution in [0.2, 0.25) is 0 Å². The third-order valence-electron chi connectivity index (χ3n) is 12.1. The quantitative estimate of drug-likeness (QED) is 0.138. The van der Waals surface area contributed by atoms with Gasteiger partial charge in [0.1, 0.15) is 12.9 Å². The predicted molar refractivity (Wildman–Crippen MR) is 197 cm³/mol. The van der Waals surface area contributed by atoms with Gasteiger partial charge in [-0.3, -0.25) is 0 Å². The molecule has 48 heavy (non-hydrogen) atoms. The van der Waals surface area contributed by atoms with Gasteiger partial charge < -0.3 is 4.90 Å². The minimum Gasteiger partial charge on any atom is -0.378 e. The second-order valence-electron chi connectivity index (χ2n) is 15.0. The van der Waals surface area contributed by atoms with Crippen LogP contribution >= 0.6 is 0 Å². The zero-order valence-corrected chi connectivity index (χ0v) is 30.3. The molecule has 0 amide bonds. The largest absolute Gasteiger partial charge is 0.378 e. The number of aromatic nitrogens is 2. The maximum atomic E-state index is 16.3. The van der Waals surface area contributed by atoms with Crippen LogP contribution in [-0.4, -0.2) is 14.1 Å². The highest BCUT2D eigenvalue weighted by Gasteiger charge is 2.55. The van der Waals surface area contributed by atoms with Crippen LogP contribution in [0.1, 0.15) is 100 Å². The Morgan fingerprint density at radius 1 is 0.854 bits per heavy atom. The standard InChI is InChI=1S/C44H52FN3/c1-9-12-15-29-19-23-36-39-32(29)25-27-48-42(39)40-33(21-24-37(45)41(40)43(36,4)5)35(44(48,10-2)11-3)22-18-30-17-20-31(46(6)7)28-34(30)38-16-13-14-26-47(38)8/h13-14,16-17,19-21,23-28,35H,9-12,15,18,22H2,1-8H3/q+2. The van der Waals surface area contributed by atoms with E-state index in [0.29, 0.717) is 0 Å². The number of halogens is 1. The maximum Gasteiger partial charge on any atom is 0.221 e. The summed E-state index contributed by atoms with van der Waals surface area (Å²) in [5.41, 5.74) is 11.8. The van der Waals surface area contributed by atoms with E-state index < -0.39 is 5.41 Å². The molecule has 3 heterocycles. The smallest absolute Gasteiger partial charge is 0.221 e. The number of anilines is 1. The Hall–Kier alpha value is -4.05. The highest BCUT2D eigenvalue weighted by molar-refractivity contribution is 6.02. The van der Waals surface area contributed by atoms with Gasteiger partial charge in [-0.25, -0.2) is 8.96 Å². The minimum absolute atomic E-state index is 0.0830. The Balaban J connectivity index is 1.44. The van der Waals surface area contributed by atoms with E-state index in [1.54, 1.807) is 6.07 Å². The SMILES string of the molecule is CCCCc1ccc2c3c4[n+](ccc13)C(CC)(CC)C(CCc1ccc(N(C)C)cc1-c1cccc[n+]1C)c1ccc(F)c(c1-4)C2(C)C. The van der Waals surface area contributed by atoms with Crippen LogP contribution in [-0.2, 0) is 30.8 Å². The predicted octanol–water partition coefficient (Wildman–Crippen LogP) is 9.72. The van der Waals surface area contributed by atoms with E-state index in [-0.39, 0.29) is 17.3 Å². The summed E-state index contributed by atoms with van der Waals surface area (Å²) in [5.74, 6) is 0.156. The minimum atomic E-state index is -0.441. The molecule has 1 unspecified atom stereocenters. The maximum absolute atomic E-state index is 16.3. The van der Waals surface area contributed by atoms with E-state index >= 15 is 4.39 Å². The van der Waals surface area contributed by atoms with Crippen molar-refractivity contribution in [3.63, 3.8) is 0 Å². The number of hydrogen-bond acceptors (Lipinski definition) is 1. The molecule has 0 spiro atoms. The van der Waals surface area contributed by atoms with Gasteiger partial charge in [0.25, 0.3) is 0 Å². The second-order valence-corrected chi connectivity index (χ2v) is 15.0. The summed E-state index contributed by atoms with van der Waals surface area (Å²) in [6.07, 6.45) is 11.9. The summed E-state index contributed by atoms with van der Waals surface area (Å²) in [6.45, 7) is 11.5. The summed E-state index contributed by atoms with van der Waals surface area (Å²) >= 11 is 0. The van der Waals surface area contributed by atoms with E-state index in [1.807, 2.05) is 0 Å². The van der Waals surface area contributed by atoms with Crippen molar-refractivity contribution in [3.05, 3.63) is 113 Å². The Morgan fingerprint density at radius 3 is 2.33 bits per heavy atom. The van der Waals surface area contributed by atoms with Gasteiger partial charge in [-0.15, -0.1) is 0 Å². The molecule has 0 saturated carbocycles. The van der Waals surface area contributed by atoms with Crippen LogP contribution in [0.4, 0.5) is 10.1 Å². The van der Waals surface area contributed by atoms with E-state index in [0.717, 1.165) is 43.2 Å². The topological polar surface area (TPSA) is 11.0 Å². The van der Waals surface area contributed by atoms with Crippen LogP contribution in [0.5, 0.6) is 0 Å². The molecule has 1 aliphatic carbocycles. The lowest BCUT2D eigenvalue weighted by molar-refractivity contribution is -0.762. The number of aryl methyl sites for hydroxylation is 3. The van der Waals surface area contributed by atoms with Crippen molar-refractivity contribution >= 4 is 16.5 Å². The van der Waals surface area contributed by atoms with Crippen molar-refractivity contribution in [3.8, 4) is 22.5 Å². The van der Waals surface area contributed by atoms with Gasteiger partial charge >= 0.3 is 0 Å². The molecule has 248 valence electrons. The third-order valence-corrected chi connectivity index (χ3v) is 12.1. The monoisotopic (exact) mass is 641 g/mol. The molecule has 0 saturated heterocycles. The fraction of sp³-hybridized carbons (Fsp3) is 0.409. The molecule has 3 nitrogen and oxygen atoms in total. The molecule has 0 radical (unpaired) electrons. The number of pyridine rings is 2. The van der Waals surface area contributed by atoms with Crippen molar-refractivity contribution in [2.24, 2.45) is 7.05 Å². The lowest BCUT2D eigenvalue weighted by Crippen LogP contribution is -2.63. The Kier molecular flexibility index (Phi) is 8.21. The van der Waals surface area contributed by atoms with Crippen molar-refractivity contribution < 1.29 is 13.5 Å². The lowest BCUT2D eigenvalue weighted by atomic mass is 9.61. The molecule has 1 atom stereocenters. The van der Waals surface area contributed by atoms with Gasteiger partial charge in [0.15, 0.2) is 17.9 Å². The average molecular weight is 642 g/mol. The first kappa shape index (κ1) is 32.5. The molecule has 1 aliphatic heterocycles. The number of nitrogens with zero attached hydrogens (tertiary/aromatic N) is 3. The summed E-state index contributed by atoms with van der Waals surface area (Å²) in [7, 11) is 6.35.